The van der Waals surface area contributed by atoms with Gasteiger partial charge in [-0.05, 0) is 49.4 Å². The number of benzene rings is 2. The van der Waals surface area contributed by atoms with Crippen molar-refractivity contribution < 1.29 is 27.1 Å². The summed E-state index contributed by atoms with van der Waals surface area (Å²) in [4.78, 5) is 19.1. The molecule has 2 saturated heterocycles. The molecule has 2 aromatic rings. The Morgan fingerprint density at radius 3 is 2.47 bits per heavy atom. The van der Waals surface area contributed by atoms with E-state index in [9.17, 15) is 22.4 Å². The van der Waals surface area contributed by atoms with Crippen LogP contribution in [0.1, 0.15) is 29.5 Å². The third kappa shape index (κ3) is 6.08. The number of carbonyl (C=O) groups is 1. The van der Waals surface area contributed by atoms with Crippen molar-refractivity contribution in [3.05, 3.63) is 70.0 Å². The highest BCUT2D eigenvalue weighted by Gasteiger charge is 2.42. The second kappa shape index (κ2) is 11.1. The molecular weight excluding hydrogens is 498 g/mol. The Balaban J connectivity index is 1.59. The van der Waals surface area contributed by atoms with E-state index < -0.39 is 23.7 Å². The van der Waals surface area contributed by atoms with Gasteiger partial charge in [0.15, 0.2) is 5.78 Å². The number of nitrogens with zero attached hydrogens (tertiary/aromatic N) is 3. The molecule has 10 heteroatoms. The van der Waals surface area contributed by atoms with Crippen LogP contribution < -0.4 is 0 Å². The highest BCUT2D eigenvalue weighted by Crippen LogP contribution is 2.35. The van der Waals surface area contributed by atoms with Gasteiger partial charge in [-0.1, -0.05) is 29.8 Å². The number of halogens is 5. The number of morpholine rings is 1. The second-order valence-corrected chi connectivity index (χ2v) is 9.98. The van der Waals surface area contributed by atoms with Crippen molar-refractivity contribution in [2.75, 3.05) is 46.4 Å². The molecule has 2 heterocycles. The van der Waals surface area contributed by atoms with Gasteiger partial charge in [-0.25, -0.2) is 4.39 Å². The summed E-state index contributed by atoms with van der Waals surface area (Å²) in [6, 6.07) is 10.6. The maximum absolute atomic E-state index is 14.2. The van der Waals surface area contributed by atoms with Gasteiger partial charge >= 0.3 is 6.18 Å². The topological polar surface area (TPSA) is 36.0 Å². The van der Waals surface area contributed by atoms with Crippen molar-refractivity contribution in [2.24, 2.45) is 0 Å². The maximum Gasteiger partial charge on any atom is 0.419 e. The number of hydrogen-bond donors (Lipinski definition) is 0. The minimum absolute atomic E-state index is 0.00381. The molecule has 0 radical (unpaired) electrons. The molecule has 0 amide bonds. The summed E-state index contributed by atoms with van der Waals surface area (Å²) in [5.74, 6) is -1.23. The van der Waals surface area contributed by atoms with Crippen molar-refractivity contribution in [2.45, 2.75) is 37.8 Å². The third-order valence-electron chi connectivity index (χ3n) is 7.03. The summed E-state index contributed by atoms with van der Waals surface area (Å²) in [6.45, 7) is 5.48. The zero-order chi connectivity index (χ0) is 26.0. The van der Waals surface area contributed by atoms with Gasteiger partial charge in [0.1, 0.15) is 12.0 Å². The number of carbonyl (C=O) groups excluding carboxylic acids is 1. The smallest absolute Gasteiger partial charge is 0.379 e. The third-order valence-corrected chi connectivity index (χ3v) is 7.27. The van der Waals surface area contributed by atoms with E-state index in [1.54, 1.807) is 13.0 Å². The fraction of sp³-hybridized carbons (Fsp3) is 0.500. The Morgan fingerprint density at radius 2 is 1.86 bits per heavy atom. The van der Waals surface area contributed by atoms with Crippen LogP contribution >= 0.6 is 11.6 Å². The van der Waals surface area contributed by atoms with E-state index >= 15 is 0 Å². The summed E-state index contributed by atoms with van der Waals surface area (Å²) in [7, 11) is 1.87. The zero-order valence-corrected chi connectivity index (χ0v) is 21.0. The van der Waals surface area contributed by atoms with E-state index in [1.165, 1.54) is 6.07 Å². The molecule has 0 bridgehead atoms. The van der Waals surface area contributed by atoms with E-state index in [2.05, 4.69) is 9.80 Å². The molecule has 36 heavy (non-hydrogen) atoms. The maximum atomic E-state index is 14.2. The number of Topliss-reactive ketones (excluding diaryl/α,β-unsaturated/α-hetero) is 1. The van der Waals surface area contributed by atoms with Gasteiger partial charge in [0.2, 0.25) is 0 Å². The first-order valence-corrected chi connectivity index (χ1v) is 12.3. The van der Waals surface area contributed by atoms with Crippen LogP contribution in [0, 0.1) is 5.82 Å². The molecule has 5 nitrogen and oxygen atoms in total. The van der Waals surface area contributed by atoms with E-state index in [4.69, 9.17) is 16.3 Å². The van der Waals surface area contributed by atoms with E-state index in [1.807, 2.05) is 30.1 Å². The normalized spacial score (nSPS) is 22.8. The van der Waals surface area contributed by atoms with Gasteiger partial charge in [-0.3, -0.25) is 19.5 Å². The fourth-order valence-electron chi connectivity index (χ4n) is 5.39. The largest absolute Gasteiger partial charge is 0.419 e. The van der Waals surface area contributed by atoms with E-state index in [0.717, 1.165) is 17.7 Å². The number of likely N-dealkylation sites (N-methyl/N-ethyl adjacent to an activating group) is 1. The van der Waals surface area contributed by atoms with E-state index in [0.29, 0.717) is 50.0 Å². The van der Waals surface area contributed by atoms with Crippen LogP contribution in [0.3, 0.4) is 0 Å². The monoisotopic (exact) mass is 527 g/mol. The molecule has 0 saturated carbocycles. The number of hydrogen-bond acceptors (Lipinski definition) is 5. The van der Waals surface area contributed by atoms with Gasteiger partial charge in [0.25, 0.3) is 0 Å². The molecule has 2 aliphatic rings. The first-order valence-electron chi connectivity index (χ1n) is 11.9. The molecule has 0 aliphatic carbocycles. The van der Waals surface area contributed by atoms with Crippen LogP contribution in [0.4, 0.5) is 17.6 Å². The number of rotatable bonds is 7. The van der Waals surface area contributed by atoms with Crippen LogP contribution in [-0.2, 0) is 22.3 Å². The first kappa shape index (κ1) is 27.0. The van der Waals surface area contributed by atoms with Crippen LogP contribution in [0.25, 0.3) is 0 Å². The quantitative estimate of drug-likeness (QED) is 0.490. The molecule has 1 unspecified atom stereocenters. The molecule has 196 valence electrons. The number of ketones is 1. The van der Waals surface area contributed by atoms with E-state index in [-0.39, 0.29) is 24.3 Å². The zero-order valence-electron chi connectivity index (χ0n) is 20.3. The lowest BCUT2D eigenvalue weighted by Crippen LogP contribution is -2.55. The average molecular weight is 528 g/mol. The lowest BCUT2D eigenvalue weighted by molar-refractivity contribution is -0.140. The second-order valence-electron chi connectivity index (χ2n) is 9.54. The molecule has 2 aromatic carbocycles. The van der Waals surface area contributed by atoms with Gasteiger partial charge in [-0.15, -0.1) is 0 Å². The molecule has 2 aliphatic heterocycles. The number of ether oxygens (including phenoxy) is 1. The summed E-state index contributed by atoms with van der Waals surface area (Å²) < 4.78 is 58.6. The van der Waals surface area contributed by atoms with Crippen molar-refractivity contribution in [1.29, 1.82) is 0 Å². The van der Waals surface area contributed by atoms with Crippen molar-refractivity contribution in [3.63, 3.8) is 0 Å². The summed E-state index contributed by atoms with van der Waals surface area (Å²) in [5.41, 5.74) is 0.194. The van der Waals surface area contributed by atoms with Crippen LogP contribution in [-0.4, -0.2) is 79.1 Å². The van der Waals surface area contributed by atoms with Crippen molar-refractivity contribution in [1.82, 2.24) is 14.7 Å². The molecule has 3 atom stereocenters. The minimum atomic E-state index is -4.74. The summed E-state index contributed by atoms with van der Waals surface area (Å²) in [6.07, 6.45) is -5.13. The van der Waals surface area contributed by atoms with Crippen LogP contribution in [0.15, 0.2) is 42.5 Å². The first-order chi connectivity index (χ1) is 17.0. The van der Waals surface area contributed by atoms with Crippen LogP contribution in [0.5, 0.6) is 0 Å². The van der Waals surface area contributed by atoms with Gasteiger partial charge < -0.3 is 4.74 Å². The lowest BCUT2D eigenvalue weighted by atomic mass is 9.93. The summed E-state index contributed by atoms with van der Waals surface area (Å²) >= 11 is 6.28. The predicted molar refractivity (Wildman–Crippen MR) is 129 cm³/mol. The molecule has 0 spiro atoms. The molecule has 0 N–H and O–H groups in total. The summed E-state index contributed by atoms with van der Waals surface area (Å²) in [5, 5.41) is 0.605. The van der Waals surface area contributed by atoms with Crippen molar-refractivity contribution in [3.8, 4) is 0 Å². The molecule has 2 fully saturated rings. The fourth-order valence-corrected chi connectivity index (χ4v) is 5.59. The van der Waals surface area contributed by atoms with Crippen LogP contribution in [0.2, 0.25) is 5.02 Å². The standard InChI is InChI=1S/C26H30ClF4N3O2/c1-17(35)25(33-8-10-36-11-9-33)34-15-21(19-4-3-5-20(27)13-19)24(16-34)32(2)14-18-6-7-22(23(28)12-18)26(29,30)31/h3-7,12-13,21,24-25H,8-11,14-16H2,1-2H3/t21-,24-,25?/m1/s1. The SMILES string of the molecule is CC(=O)C(N1CCOCC1)N1C[C@H](c2cccc(Cl)c2)[C@H](N(C)Cc2ccc(C(F)(F)F)c(F)c2)C1. The van der Waals surface area contributed by atoms with Gasteiger partial charge in [0, 0.05) is 49.7 Å². The molecular formula is C26H30ClF4N3O2. The Labute approximate surface area is 213 Å². The Bertz CT molecular complexity index is 1080. The Kier molecular flexibility index (Phi) is 8.36. The Morgan fingerprint density at radius 1 is 1.14 bits per heavy atom. The number of alkyl halides is 3. The highest BCUT2D eigenvalue weighted by atomic mass is 35.5. The highest BCUT2D eigenvalue weighted by molar-refractivity contribution is 6.30. The lowest BCUT2D eigenvalue weighted by Gasteiger charge is -2.38. The molecule has 4 rings (SSSR count). The number of likely N-dealkylation sites (tertiary alicyclic amines) is 1. The minimum Gasteiger partial charge on any atom is -0.379 e. The van der Waals surface area contributed by atoms with Crippen molar-refractivity contribution >= 4 is 17.4 Å². The average Bonchev–Trinajstić information content (AvgIpc) is 3.24. The Hall–Kier alpha value is -2.04. The predicted octanol–water partition coefficient (Wildman–Crippen LogP) is 4.65. The van der Waals surface area contributed by atoms with Gasteiger partial charge in [-0.2, -0.15) is 13.2 Å². The molecule has 0 aromatic heterocycles. The van der Waals surface area contributed by atoms with Gasteiger partial charge in [0.05, 0.1) is 18.8 Å².